The van der Waals surface area contributed by atoms with E-state index < -0.39 is 0 Å². The van der Waals surface area contributed by atoms with Crippen molar-refractivity contribution in [1.82, 2.24) is 9.97 Å². The number of rotatable bonds is 4. The second kappa shape index (κ2) is 5.77. The zero-order chi connectivity index (χ0) is 15.7. The van der Waals surface area contributed by atoms with Crippen molar-refractivity contribution in [1.29, 1.82) is 0 Å². The SMILES string of the molecule is COc1cc2nc(Nc3cccc(Cl)c3C)[nH]c2cc1OC. The van der Waals surface area contributed by atoms with Crippen molar-refractivity contribution in [3.05, 3.63) is 40.9 Å². The first-order valence-electron chi connectivity index (χ1n) is 6.76. The van der Waals surface area contributed by atoms with Gasteiger partial charge in [0, 0.05) is 22.8 Å². The number of nitrogens with one attached hydrogen (secondary N) is 2. The molecule has 0 fully saturated rings. The topological polar surface area (TPSA) is 59.2 Å². The summed E-state index contributed by atoms with van der Waals surface area (Å²) in [6, 6.07) is 9.40. The highest BCUT2D eigenvalue weighted by atomic mass is 35.5. The van der Waals surface area contributed by atoms with Gasteiger partial charge in [0.05, 0.1) is 25.3 Å². The maximum Gasteiger partial charge on any atom is 0.205 e. The second-order valence-corrected chi connectivity index (χ2v) is 5.25. The van der Waals surface area contributed by atoms with Crippen molar-refractivity contribution in [2.45, 2.75) is 6.92 Å². The largest absolute Gasteiger partial charge is 0.493 e. The summed E-state index contributed by atoms with van der Waals surface area (Å²) in [4.78, 5) is 7.73. The number of anilines is 2. The number of halogens is 1. The number of nitrogens with zero attached hydrogens (tertiary/aromatic N) is 1. The molecular weight excluding hydrogens is 302 g/mol. The predicted molar refractivity (Wildman–Crippen MR) is 88.7 cm³/mol. The van der Waals surface area contributed by atoms with Gasteiger partial charge in [-0.1, -0.05) is 17.7 Å². The van der Waals surface area contributed by atoms with Crippen LogP contribution < -0.4 is 14.8 Å². The first-order chi connectivity index (χ1) is 10.6. The number of fused-ring (bicyclic) bond motifs is 1. The lowest BCUT2D eigenvalue weighted by Crippen LogP contribution is -1.94. The van der Waals surface area contributed by atoms with Gasteiger partial charge in [-0.3, -0.25) is 0 Å². The number of ether oxygens (including phenoxy) is 2. The van der Waals surface area contributed by atoms with E-state index in [2.05, 4.69) is 15.3 Å². The molecule has 0 saturated carbocycles. The van der Waals surface area contributed by atoms with E-state index >= 15 is 0 Å². The van der Waals surface area contributed by atoms with E-state index in [9.17, 15) is 0 Å². The van der Waals surface area contributed by atoms with Crippen molar-refractivity contribution in [2.75, 3.05) is 19.5 Å². The zero-order valence-electron chi connectivity index (χ0n) is 12.5. The Morgan fingerprint density at radius 3 is 2.59 bits per heavy atom. The zero-order valence-corrected chi connectivity index (χ0v) is 13.3. The molecule has 0 aliphatic heterocycles. The van der Waals surface area contributed by atoms with E-state index in [1.807, 2.05) is 37.3 Å². The molecule has 2 N–H and O–H groups in total. The maximum atomic E-state index is 6.13. The van der Waals surface area contributed by atoms with Crippen LogP contribution in [0.5, 0.6) is 11.5 Å². The van der Waals surface area contributed by atoms with Crippen LogP contribution >= 0.6 is 11.6 Å². The molecule has 0 atom stereocenters. The summed E-state index contributed by atoms with van der Waals surface area (Å²) < 4.78 is 10.6. The van der Waals surface area contributed by atoms with Crippen LogP contribution in [0.1, 0.15) is 5.56 Å². The lowest BCUT2D eigenvalue weighted by atomic mass is 10.2. The maximum absolute atomic E-state index is 6.13. The number of methoxy groups -OCH3 is 2. The lowest BCUT2D eigenvalue weighted by Gasteiger charge is -2.07. The number of imidazole rings is 1. The fourth-order valence-electron chi connectivity index (χ4n) is 2.27. The number of benzene rings is 2. The van der Waals surface area contributed by atoms with Crippen molar-refractivity contribution in [3.63, 3.8) is 0 Å². The predicted octanol–water partition coefficient (Wildman–Crippen LogP) is 4.29. The number of H-pyrrole nitrogens is 1. The van der Waals surface area contributed by atoms with Gasteiger partial charge in [0.1, 0.15) is 0 Å². The fraction of sp³-hybridized carbons (Fsp3) is 0.188. The summed E-state index contributed by atoms with van der Waals surface area (Å²) in [6.45, 7) is 1.96. The highest BCUT2D eigenvalue weighted by Crippen LogP contribution is 2.32. The van der Waals surface area contributed by atoms with E-state index in [1.54, 1.807) is 14.2 Å². The fourth-order valence-corrected chi connectivity index (χ4v) is 2.44. The van der Waals surface area contributed by atoms with Crippen LogP contribution in [0, 0.1) is 6.92 Å². The molecule has 0 saturated heterocycles. The minimum atomic E-state index is 0.635. The molecule has 3 rings (SSSR count). The van der Waals surface area contributed by atoms with Gasteiger partial charge in [-0.05, 0) is 24.6 Å². The molecular formula is C16H16ClN3O2. The van der Waals surface area contributed by atoms with Crippen LogP contribution in [0.2, 0.25) is 5.02 Å². The van der Waals surface area contributed by atoms with E-state index in [0.717, 1.165) is 22.3 Å². The van der Waals surface area contributed by atoms with Crippen molar-refractivity contribution in [2.24, 2.45) is 0 Å². The first-order valence-corrected chi connectivity index (χ1v) is 7.14. The van der Waals surface area contributed by atoms with Crippen LogP contribution in [0.15, 0.2) is 30.3 Å². The Morgan fingerprint density at radius 2 is 1.86 bits per heavy atom. The molecule has 0 aliphatic rings. The van der Waals surface area contributed by atoms with Gasteiger partial charge in [0.2, 0.25) is 5.95 Å². The monoisotopic (exact) mass is 317 g/mol. The quantitative estimate of drug-likeness (QED) is 0.753. The third kappa shape index (κ3) is 2.55. The Hall–Kier alpha value is -2.40. The minimum Gasteiger partial charge on any atom is -0.493 e. The second-order valence-electron chi connectivity index (χ2n) is 4.85. The summed E-state index contributed by atoms with van der Waals surface area (Å²) >= 11 is 6.13. The molecule has 22 heavy (non-hydrogen) atoms. The summed E-state index contributed by atoms with van der Waals surface area (Å²) in [5, 5.41) is 3.96. The summed E-state index contributed by atoms with van der Waals surface area (Å²) in [6.07, 6.45) is 0. The molecule has 1 heterocycles. The third-order valence-corrected chi connectivity index (χ3v) is 3.92. The molecule has 3 aromatic rings. The van der Waals surface area contributed by atoms with Crippen molar-refractivity contribution < 1.29 is 9.47 Å². The Balaban J connectivity index is 2.00. The number of hydrogen-bond acceptors (Lipinski definition) is 4. The molecule has 0 aliphatic carbocycles. The number of hydrogen-bond donors (Lipinski definition) is 2. The van der Waals surface area contributed by atoms with Crippen LogP contribution in [-0.2, 0) is 0 Å². The van der Waals surface area contributed by atoms with Gasteiger partial charge in [-0.2, -0.15) is 0 Å². The Morgan fingerprint density at radius 1 is 1.14 bits per heavy atom. The molecule has 6 heteroatoms. The lowest BCUT2D eigenvalue weighted by molar-refractivity contribution is 0.356. The van der Waals surface area contributed by atoms with Gasteiger partial charge >= 0.3 is 0 Å². The van der Waals surface area contributed by atoms with Gasteiger partial charge in [-0.25, -0.2) is 4.98 Å². The van der Waals surface area contributed by atoms with E-state index in [4.69, 9.17) is 21.1 Å². The average molecular weight is 318 g/mol. The van der Waals surface area contributed by atoms with E-state index in [0.29, 0.717) is 22.5 Å². The third-order valence-electron chi connectivity index (χ3n) is 3.51. The Labute approximate surface area is 133 Å². The normalized spacial score (nSPS) is 10.7. The average Bonchev–Trinajstić information content (AvgIpc) is 2.91. The van der Waals surface area contributed by atoms with Crippen LogP contribution in [0.4, 0.5) is 11.6 Å². The minimum absolute atomic E-state index is 0.635. The van der Waals surface area contributed by atoms with Gasteiger partial charge in [0.25, 0.3) is 0 Å². The molecule has 2 aromatic carbocycles. The highest BCUT2D eigenvalue weighted by molar-refractivity contribution is 6.31. The molecule has 0 spiro atoms. The molecule has 114 valence electrons. The van der Waals surface area contributed by atoms with Gasteiger partial charge < -0.3 is 19.8 Å². The summed E-state index contributed by atoms with van der Waals surface area (Å²) in [7, 11) is 3.21. The molecule has 5 nitrogen and oxygen atoms in total. The van der Waals surface area contributed by atoms with Crippen LogP contribution in [-0.4, -0.2) is 24.2 Å². The van der Waals surface area contributed by atoms with Crippen molar-refractivity contribution in [3.8, 4) is 11.5 Å². The van der Waals surface area contributed by atoms with Gasteiger partial charge in [0.15, 0.2) is 11.5 Å². The Kier molecular flexibility index (Phi) is 3.81. The van der Waals surface area contributed by atoms with Gasteiger partial charge in [-0.15, -0.1) is 0 Å². The van der Waals surface area contributed by atoms with E-state index in [-0.39, 0.29) is 0 Å². The molecule has 0 bridgehead atoms. The standard InChI is InChI=1S/C16H16ClN3O2/c1-9-10(17)5-4-6-11(9)18-16-19-12-7-14(21-2)15(22-3)8-13(12)20-16/h4-8H,1-3H3,(H2,18,19,20). The summed E-state index contributed by atoms with van der Waals surface area (Å²) in [5.74, 6) is 1.94. The highest BCUT2D eigenvalue weighted by Gasteiger charge is 2.11. The summed E-state index contributed by atoms with van der Waals surface area (Å²) in [5.41, 5.74) is 3.53. The van der Waals surface area contributed by atoms with Crippen molar-refractivity contribution >= 4 is 34.3 Å². The molecule has 1 aromatic heterocycles. The van der Waals surface area contributed by atoms with Crippen LogP contribution in [0.3, 0.4) is 0 Å². The Bertz CT molecular complexity index is 789. The molecule has 0 radical (unpaired) electrons. The van der Waals surface area contributed by atoms with Crippen LogP contribution in [0.25, 0.3) is 11.0 Å². The molecule has 0 unspecified atom stereocenters. The smallest absolute Gasteiger partial charge is 0.205 e. The molecule has 0 amide bonds. The van der Waals surface area contributed by atoms with E-state index in [1.165, 1.54) is 0 Å². The first kappa shape index (κ1) is 14.5. The number of aromatic nitrogens is 2. The number of aromatic amines is 1.